The Morgan fingerprint density at radius 3 is 2.75 bits per heavy atom. The van der Waals surface area contributed by atoms with Gasteiger partial charge in [0.25, 0.3) is 0 Å². The van der Waals surface area contributed by atoms with E-state index in [1.54, 1.807) is 0 Å². The number of nitrogens with zero attached hydrogens (tertiary/aromatic N) is 2. The van der Waals surface area contributed by atoms with Crippen LogP contribution in [0.4, 0.5) is 18.9 Å². The minimum absolute atomic E-state index is 0.492. The highest BCUT2D eigenvalue weighted by molar-refractivity contribution is 5.37. The van der Waals surface area contributed by atoms with Crippen LogP contribution in [0.1, 0.15) is 20.3 Å². The van der Waals surface area contributed by atoms with Crippen molar-refractivity contribution in [3.63, 3.8) is 0 Å². The van der Waals surface area contributed by atoms with Crippen LogP contribution in [-0.4, -0.2) is 22.5 Å². The van der Waals surface area contributed by atoms with Gasteiger partial charge in [0.15, 0.2) is 0 Å². The minimum Gasteiger partial charge on any atom is -0.382 e. The molecule has 0 amide bonds. The Labute approximate surface area is 92.6 Å². The normalized spacial score (nSPS) is 13.8. The Bertz CT molecular complexity index is 319. The first-order valence-corrected chi connectivity index (χ1v) is 5.23. The van der Waals surface area contributed by atoms with Gasteiger partial charge in [-0.05, 0) is 5.92 Å². The molecule has 0 fully saturated rings. The molecule has 0 saturated carbocycles. The van der Waals surface area contributed by atoms with Gasteiger partial charge in [-0.25, -0.2) is 0 Å². The molecule has 1 heterocycles. The molecule has 92 valence electrons. The van der Waals surface area contributed by atoms with E-state index in [0.29, 0.717) is 11.6 Å². The molecule has 6 heteroatoms. The smallest absolute Gasteiger partial charge is 0.382 e. The highest BCUT2D eigenvalue weighted by atomic mass is 19.4. The monoisotopic (exact) mass is 235 g/mol. The van der Waals surface area contributed by atoms with E-state index in [-0.39, 0.29) is 0 Å². The third-order valence-corrected chi connectivity index (χ3v) is 2.33. The average molecular weight is 235 g/mol. The topological polar surface area (TPSA) is 29.9 Å². The molecule has 1 N–H and O–H groups in total. The molecular formula is C10H16F3N3. The Hall–Kier alpha value is -1.20. The standard InChI is InChI=1S/C10H16F3N3/c1-3-8(2)4-14-9-5-15-16(6-9)7-10(11,12)13/h5-6,8,14H,3-4,7H2,1-2H3. The van der Waals surface area contributed by atoms with E-state index in [9.17, 15) is 13.2 Å². The van der Waals surface area contributed by atoms with Crippen LogP contribution in [0, 0.1) is 5.92 Å². The summed E-state index contributed by atoms with van der Waals surface area (Å²) >= 11 is 0. The lowest BCUT2D eigenvalue weighted by Gasteiger charge is -2.09. The molecule has 3 nitrogen and oxygen atoms in total. The van der Waals surface area contributed by atoms with Crippen LogP contribution in [-0.2, 0) is 6.54 Å². The summed E-state index contributed by atoms with van der Waals surface area (Å²) in [4.78, 5) is 0. The highest BCUT2D eigenvalue weighted by Gasteiger charge is 2.28. The summed E-state index contributed by atoms with van der Waals surface area (Å²) in [5, 5.41) is 6.69. The van der Waals surface area contributed by atoms with Crippen LogP contribution in [0.25, 0.3) is 0 Å². The van der Waals surface area contributed by atoms with Crippen molar-refractivity contribution in [3.8, 4) is 0 Å². The number of aromatic nitrogens is 2. The van der Waals surface area contributed by atoms with E-state index >= 15 is 0 Å². The van der Waals surface area contributed by atoms with Crippen molar-refractivity contribution < 1.29 is 13.2 Å². The Balaban J connectivity index is 2.45. The predicted octanol–water partition coefficient (Wildman–Crippen LogP) is 2.90. The lowest BCUT2D eigenvalue weighted by atomic mass is 10.1. The largest absolute Gasteiger partial charge is 0.408 e. The van der Waals surface area contributed by atoms with Crippen molar-refractivity contribution in [2.24, 2.45) is 5.92 Å². The number of nitrogens with one attached hydrogen (secondary N) is 1. The number of alkyl halides is 3. The lowest BCUT2D eigenvalue weighted by Crippen LogP contribution is -2.17. The number of halogens is 3. The van der Waals surface area contributed by atoms with Crippen molar-refractivity contribution in [2.45, 2.75) is 33.0 Å². The summed E-state index contributed by atoms with van der Waals surface area (Å²) in [6, 6.07) is 0. The summed E-state index contributed by atoms with van der Waals surface area (Å²) in [6.45, 7) is 3.85. The second kappa shape index (κ2) is 5.23. The van der Waals surface area contributed by atoms with Gasteiger partial charge in [0.2, 0.25) is 0 Å². The third kappa shape index (κ3) is 4.55. The highest BCUT2D eigenvalue weighted by Crippen LogP contribution is 2.18. The number of hydrogen-bond donors (Lipinski definition) is 1. The Morgan fingerprint density at radius 2 is 2.19 bits per heavy atom. The molecule has 0 spiro atoms. The molecular weight excluding hydrogens is 219 g/mol. The van der Waals surface area contributed by atoms with E-state index in [1.165, 1.54) is 12.4 Å². The third-order valence-electron chi connectivity index (χ3n) is 2.33. The van der Waals surface area contributed by atoms with Crippen LogP contribution in [0.3, 0.4) is 0 Å². The molecule has 0 bridgehead atoms. The summed E-state index contributed by atoms with van der Waals surface area (Å²) in [7, 11) is 0. The molecule has 1 aromatic rings. The van der Waals surface area contributed by atoms with Gasteiger partial charge < -0.3 is 5.32 Å². The molecule has 0 radical (unpaired) electrons. The number of rotatable bonds is 5. The van der Waals surface area contributed by atoms with Crippen LogP contribution < -0.4 is 5.32 Å². The van der Waals surface area contributed by atoms with Gasteiger partial charge in [-0.2, -0.15) is 18.3 Å². The Kier molecular flexibility index (Phi) is 4.20. The van der Waals surface area contributed by atoms with Gasteiger partial charge in [-0.1, -0.05) is 20.3 Å². The summed E-state index contributed by atoms with van der Waals surface area (Å²) < 4.78 is 37.0. The molecule has 1 atom stereocenters. The van der Waals surface area contributed by atoms with Crippen molar-refractivity contribution in [1.82, 2.24) is 9.78 Å². The second-order valence-corrected chi connectivity index (χ2v) is 3.94. The van der Waals surface area contributed by atoms with E-state index in [2.05, 4.69) is 24.3 Å². The maximum Gasteiger partial charge on any atom is 0.408 e. The molecule has 1 rings (SSSR count). The van der Waals surface area contributed by atoms with Gasteiger partial charge in [-0.3, -0.25) is 4.68 Å². The van der Waals surface area contributed by atoms with Gasteiger partial charge in [0.05, 0.1) is 11.9 Å². The van der Waals surface area contributed by atoms with Crippen molar-refractivity contribution in [3.05, 3.63) is 12.4 Å². The van der Waals surface area contributed by atoms with Gasteiger partial charge >= 0.3 is 6.18 Å². The van der Waals surface area contributed by atoms with Gasteiger partial charge in [0, 0.05) is 12.7 Å². The summed E-state index contributed by atoms with van der Waals surface area (Å²) in [5.74, 6) is 0.492. The first-order valence-electron chi connectivity index (χ1n) is 5.23. The van der Waals surface area contributed by atoms with Crippen LogP contribution in [0.15, 0.2) is 12.4 Å². The lowest BCUT2D eigenvalue weighted by molar-refractivity contribution is -0.142. The molecule has 0 aliphatic rings. The number of hydrogen-bond acceptors (Lipinski definition) is 2. The second-order valence-electron chi connectivity index (χ2n) is 3.94. The first kappa shape index (κ1) is 12.9. The van der Waals surface area contributed by atoms with Crippen LogP contribution in [0.5, 0.6) is 0 Å². The molecule has 1 unspecified atom stereocenters. The maximum absolute atomic E-state index is 12.0. The fourth-order valence-corrected chi connectivity index (χ4v) is 1.16. The fourth-order valence-electron chi connectivity index (χ4n) is 1.16. The van der Waals surface area contributed by atoms with Crippen LogP contribution in [0.2, 0.25) is 0 Å². The first-order chi connectivity index (χ1) is 7.40. The zero-order valence-corrected chi connectivity index (χ0v) is 9.38. The summed E-state index contributed by atoms with van der Waals surface area (Å²) in [5.41, 5.74) is 0.629. The zero-order chi connectivity index (χ0) is 12.2. The molecule has 16 heavy (non-hydrogen) atoms. The van der Waals surface area contributed by atoms with Gasteiger partial charge in [-0.15, -0.1) is 0 Å². The summed E-state index contributed by atoms with van der Waals surface area (Å²) in [6.07, 6.45) is -0.409. The van der Waals surface area contributed by atoms with E-state index < -0.39 is 12.7 Å². The fraction of sp³-hybridized carbons (Fsp3) is 0.700. The minimum atomic E-state index is -4.22. The number of anilines is 1. The van der Waals surface area contributed by atoms with Gasteiger partial charge in [0.1, 0.15) is 6.54 Å². The van der Waals surface area contributed by atoms with E-state index in [4.69, 9.17) is 0 Å². The quantitative estimate of drug-likeness (QED) is 0.850. The molecule has 0 aromatic carbocycles. The average Bonchev–Trinajstić information content (AvgIpc) is 2.59. The Morgan fingerprint density at radius 1 is 1.50 bits per heavy atom. The van der Waals surface area contributed by atoms with Crippen molar-refractivity contribution >= 4 is 5.69 Å². The zero-order valence-electron chi connectivity index (χ0n) is 9.38. The van der Waals surface area contributed by atoms with Crippen molar-refractivity contribution in [2.75, 3.05) is 11.9 Å². The van der Waals surface area contributed by atoms with E-state index in [1.807, 2.05) is 0 Å². The van der Waals surface area contributed by atoms with Crippen molar-refractivity contribution in [1.29, 1.82) is 0 Å². The maximum atomic E-state index is 12.0. The molecule has 0 saturated heterocycles. The van der Waals surface area contributed by atoms with Crippen LogP contribution >= 0.6 is 0 Å². The molecule has 1 aromatic heterocycles. The molecule has 0 aliphatic carbocycles. The van der Waals surface area contributed by atoms with E-state index in [0.717, 1.165) is 17.6 Å². The predicted molar refractivity (Wildman–Crippen MR) is 56.2 cm³/mol. The SMILES string of the molecule is CCC(C)CNc1cnn(CC(F)(F)F)c1. The molecule has 0 aliphatic heterocycles.